The van der Waals surface area contributed by atoms with Crippen LogP contribution in [0.25, 0.3) is 0 Å². The Hall–Kier alpha value is -1.85. The molecule has 0 aliphatic heterocycles. The summed E-state index contributed by atoms with van der Waals surface area (Å²) in [5.41, 5.74) is 1.81. The highest BCUT2D eigenvalue weighted by molar-refractivity contribution is 7.99. The van der Waals surface area contributed by atoms with Crippen molar-refractivity contribution in [2.24, 2.45) is 5.92 Å². The number of thiophene rings is 1. The number of fused-ring (bicyclic) bond motifs is 1. The second kappa shape index (κ2) is 9.57. The first-order valence-corrected chi connectivity index (χ1v) is 11.8. The fourth-order valence-electron chi connectivity index (χ4n) is 3.64. The third kappa shape index (κ3) is 4.41. The lowest BCUT2D eigenvalue weighted by Gasteiger charge is -2.20. The van der Waals surface area contributed by atoms with Gasteiger partial charge < -0.3 is 9.88 Å². The van der Waals surface area contributed by atoms with E-state index in [0.29, 0.717) is 16.5 Å². The summed E-state index contributed by atoms with van der Waals surface area (Å²) in [6.45, 7) is 7.25. The Kier molecular flexibility index (Phi) is 7.13. The standard InChI is InChI=1S/C20H27N5OS2/c1-4-9-25-17(6-3)23-24-20(25)27-12-18(26)22-19-15(11-21)14-8-7-13(5-2)10-16(14)28-19/h13H,4-10,12H2,1-3H3,(H,22,26). The first-order valence-electron chi connectivity index (χ1n) is 10.00. The molecule has 0 saturated carbocycles. The smallest absolute Gasteiger partial charge is 0.235 e. The van der Waals surface area contributed by atoms with Crippen molar-refractivity contribution in [1.29, 1.82) is 5.26 Å². The maximum atomic E-state index is 12.5. The highest BCUT2D eigenvalue weighted by Gasteiger charge is 2.25. The van der Waals surface area contributed by atoms with Gasteiger partial charge in [0.2, 0.25) is 5.91 Å². The summed E-state index contributed by atoms with van der Waals surface area (Å²) in [5.74, 6) is 1.80. The summed E-state index contributed by atoms with van der Waals surface area (Å²) >= 11 is 2.98. The number of aryl methyl sites for hydroxylation is 1. The van der Waals surface area contributed by atoms with E-state index in [-0.39, 0.29) is 11.7 Å². The molecule has 1 amide bonds. The van der Waals surface area contributed by atoms with E-state index in [1.807, 2.05) is 0 Å². The molecule has 3 rings (SSSR count). The maximum absolute atomic E-state index is 12.5. The summed E-state index contributed by atoms with van der Waals surface area (Å²) in [4.78, 5) is 13.8. The van der Waals surface area contributed by atoms with Crippen LogP contribution in [-0.2, 0) is 30.6 Å². The van der Waals surface area contributed by atoms with Crippen molar-refractivity contribution in [2.45, 2.75) is 71.0 Å². The monoisotopic (exact) mass is 417 g/mol. The van der Waals surface area contributed by atoms with E-state index in [4.69, 9.17) is 0 Å². The molecule has 6 nitrogen and oxygen atoms in total. The average molecular weight is 418 g/mol. The lowest BCUT2D eigenvalue weighted by molar-refractivity contribution is -0.113. The Labute approximate surface area is 174 Å². The van der Waals surface area contributed by atoms with E-state index in [0.717, 1.165) is 61.6 Å². The van der Waals surface area contributed by atoms with Gasteiger partial charge in [0, 0.05) is 17.8 Å². The number of nitrogens with zero attached hydrogens (tertiary/aromatic N) is 4. The van der Waals surface area contributed by atoms with Crippen LogP contribution in [0, 0.1) is 17.2 Å². The number of hydrogen-bond donors (Lipinski definition) is 1. The summed E-state index contributed by atoms with van der Waals surface area (Å²) in [6.07, 6.45) is 6.08. The van der Waals surface area contributed by atoms with E-state index in [1.165, 1.54) is 16.6 Å². The molecule has 0 bridgehead atoms. The molecule has 2 aromatic rings. The minimum Gasteiger partial charge on any atom is -0.316 e. The van der Waals surface area contributed by atoms with Gasteiger partial charge in [-0.25, -0.2) is 0 Å². The second-order valence-corrected chi connectivity index (χ2v) is 9.13. The van der Waals surface area contributed by atoms with Gasteiger partial charge in [-0.15, -0.1) is 21.5 Å². The predicted molar refractivity (Wildman–Crippen MR) is 114 cm³/mol. The van der Waals surface area contributed by atoms with Crippen LogP contribution in [0.15, 0.2) is 5.16 Å². The fraction of sp³-hybridized carbons (Fsp3) is 0.600. The van der Waals surface area contributed by atoms with Crippen LogP contribution in [0.3, 0.4) is 0 Å². The quantitative estimate of drug-likeness (QED) is 0.642. The maximum Gasteiger partial charge on any atom is 0.235 e. The Morgan fingerprint density at radius 1 is 1.39 bits per heavy atom. The zero-order valence-corrected chi connectivity index (χ0v) is 18.4. The number of nitriles is 1. The number of hydrogen-bond acceptors (Lipinski definition) is 6. The molecule has 0 radical (unpaired) electrons. The highest BCUT2D eigenvalue weighted by Crippen LogP contribution is 2.40. The molecule has 0 fully saturated rings. The highest BCUT2D eigenvalue weighted by atomic mass is 32.2. The number of amides is 1. The largest absolute Gasteiger partial charge is 0.316 e. The molecule has 1 N–H and O–H groups in total. The van der Waals surface area contributed by atoms with Gasteiger partial charge in [0.25, 0.3) is 0 Å². The third-order valence-corrected chi connectivity index (χ3v) is 7.34. The van der Waals surface area contributed by atoms with Crippen molar-refractivity contribution in [3.63, 3.8) is 0 Å². The number of anilines is 1. The van der Waals surface area contributed by atoms with Crippen LogP contribution < -0.4 is 5.32 Å². The molecule has 0 spiro atoms. The minimum atomic E-state index is -0.101. The Bertz CT molecular complexity index is 880. The molecule has 1 atom stereocenters. The topological polar surface area (TPSA) is 83.6 Å². The van der Waals surface area contributed by atoms with Crippen molar-refractivity contribution in [3.05, 3.63) is 21.8 Å². The van der Waals surface area contributed by atoms with Gasteiger partial charge in [-0.3, -0.25) is 4.79 Å². The second-order valence-electron chi connectivity index (χ2n) is 7.08. The summed E-state index contributed by atoms with van der Waals surface area (Å²) < 4.78 is 2.09. The van der Waals surface area contributed by atoms with Gasteiger partial charge >= 0.3 is 0 Å². The normalized spacial score (nSPS) is 15.9. The van der Waals surface area contributed by atoms with Crippen molar-refractivity contribution < 1.29 is 4.79 Å². The molecular formula is C20H27N5OS2. The van der Waals surface area contributed by atoms with E-state index >= 15 is 0 Å². The van der Waals surface area contributed by atoms with Gasteiger partial charge in [-0.1, -0.05) is 39.0 Å². The van der Waals surface area contributed by atoms with Crippen LogP contribution in [0.1, 0.15) is 61.9 Å². The zero-order valence-electron chi connectivity index (χ0n) is 16.7. The lowest BCUT2D eigenvalue weighted by Crippen LogP contribution is -2.15. The van der Waals surface area contributed by atoms with Gasteiger partial charge in [0.1, 0.15) is 16.9 Å². The van der Waals surface area contributed by atoms with Crippen molar-refractivity contribution >= 4 is 34.0 Å². The number of nitrogens with one attached hydrogen (secondary N) is 1. The van der Waals surface area contributed by atoms with Crippen LogP contribution >= 0.6 is 23.1 Å². The number of aromatic nitrogens is 3. The van der Waals surface area contributed by atoms with E-state index in [2.05, 4.69) is 46.9 Å². The number of carbonyl (C=O) groups is 1. The van der Waals surface area contributed by atoms with E-state index in [9.17, 15) is 10.1 Å². The van der Waals surface area contributed by atoms with Gasteiger partial charge in [0.05, 0.1) is 11.3 Å². The molecule has 0 aromatic carbocycles. The Morgan fingerprint density at radius 3 is 2.89 bits per heavy atom. The van der Waals surface area contributed by atoms with Gasteiger partial charge in [0.15, 0.2) is 5.16 Å². The molecule has 1 aliphatic carbocycles. The van der Waals surface area contributed by atoms with E-state index < -0.39 is 0 Å². The molecule has 1 unspecified atom stereocenters. The van der Waals surface area contributed by atoms with Crippen LogP contribution in [0.4, 0.5) is 5.00 Å². The number of rotatable bonds is 8. The van der Waals surface area contributed by atoms with Crippen molar-refractivity contribution in [1.82, 2.24) is 14.8 Å². The Balaban J connectivity index is 1.67. The molecule has 2 aromatic heterocycles. The van der Waals surface area contributed by atoms with Crippen LogP contribution in [0.2, 0.25) is 0 Å². The van der Waals surface area contributed by atoms with Gasteiger partial charge in [-0.05, 0) is 37.2 Å². The Morgan fingerprint density at radius 2 is 2.21 bits per heavy atom. The molecule has 28 heavy (non-hydrogen) atoms. The molecule has 2 heterocycles. The summed E-state index contributed by atoms with van der Waals surface area (Å²) in [5, 5.41) is 22.5. The predicted octanol–water partition coefficient (Wildman–Crippen LogP) is 4.43. The number of carbonyl (C=O) groups excluding carboxylic acids is 1. The summed E-state index contributed by atoms with van der Waals surface area (Å²) in [7, 11) is 0. The molecule has 0 saturated heterocycles. The van der Waals surface area contributed by atoms with E-state index in [1.54, 1.807) is 11.3 Å². The first kappa shape index (κ1) is 20.9. The minimum absolute atomic E-state index is 0.101. The van der Waals surface area contributed by atoms with Gasteiger partial charge in [-0.2, -0.15) is 5.26 Å². The zero-order chi connectivity index (χ0) is 20.1. The first-order chi connectivity index (χ1) is 13.6. The molecule has 150 valence electrons. The summed E-state index contributed by atoms with van der Waals surface area (Å²) in [6, 6.07) is 2.31. The fourth-order valence-corrected chi connectivity index (χ4v) is 5.75. The molecular weight excluding hydrogens is 390 g/mol. The molecule has 8 heteroatoms. The third-order valence-electron chi connectivity index (χ3n) is 5.20. The number of thioether (sulfide) groups is 1. The van der Waals surface area contributed by atoms with Crippen LogP contribution in [0.5, 0.6) is 0 Å². The lowest BCUT2D eigenvalue weighted by atomic mass is 9.86. The van der Waals surface area contributed by atoms with Crippen molar-refractivity contribution in [2.75, 3.05) is 11.1 Å². The van der Waals surface area contributed by atoms with Crippen LogP contribution in [-0.4, -0.2) is 26.4 Å². The SMILES string of the molecule is CCCn1c(CC)nnc1SCC(=O)Nc1sc2c(c1C#N)CCC(CC)C2. The molecule has 1 aliphatic rings. The average Bonchev–Trinajstić information content (AvgIpc) is 3.25. The van der Waals surface area contributed by atoms with Crippen molar-refractivity contribution in [3.8, 4) is 6.07 Å².